The maximum Gasteiger partial charge on any atom is 0.387 e. The van der Waals surface area contributed by atoms with Crippen molar-refractivity contribution in [3.63, 3.8) is 0 Å². The quantitative estimate of drug-likeness (QED) is 0.0728. The fourth-order valence-electron chi connectivity index (χ4n) is 5.09. The zero-order valence-electron chi connectivity index (χ0n) is 25.5. The molecule has 2 N–H and O–H groups in total. The van der Waals surface area contributed by atoms with Crippen LogP contribution in [0.2, 0.25) is 10.0 Å². The van der Waals surface area contributed by atoms with Crippen molar-refractivity contribution >= 4 is 35.1 Å². The normalized spacial score (nSPS) is 13.9. The molecule has 0 aliphatic heterocycles. The number of carbonyl (C=O) groups is 2. The van der Waals surface area contributed by atoms with E-state index >= 15 is 0 Å². The third-order valence-corrected chi connectivity index (χ3v) is 8.33. The van der Waals surface area contributed by atoms with E-state index in [1.165, 1.54) is 18.2 Å². The Bertz CT molecular complexity index is 1720. The van der Waals surface area contributed by atoms with Gasteiger partial charge in [-0.3, -0.25) is 14.9 Å². The van der Waals surface area contributed by atoms with Gasteiger partial charge in [-0.05, 0) is 53.1 Å². The molecule has 0 radical (unpaired) electrons. The molecular formula is C35H32Cl2F2N2O7. The van der Waals surface area contributed by atoms with Crippen LogP contribution in [0.1, 0.15) is 52.8 Å². The van der Waals surface area contributed by atoms with Crippen LogP contribution in [0.4, 0.5) is 8.78 Å². The number of nitrogens with zero attached hydrogens (tertiary/aromatic N) is 1. The summed E-state index contributed by atoms with van der Waals surface area (Å²) < 4.78 is 43.2. The van der Waals surface area contributed by atoms with Crippen LogP contribution in [0.15, 0.2) is 85.2 Å². The average molecular weight is 702 g/mol. The molecule has 0 spiro atoms. The van der Waals surface area contributed by atoms with Gasteiger partial charge in [0.15, 0.2) is 23.9 Å². The van der Waals surface area contributed by atoms with E-state index in [9.17, 15) is 28.7 Å². The molecule has 1 fully saturated rings. The van der Waals surface area contributed by atoms with Gasteiger partial charge in [0.2, 0.25) is 0 Å². The van der Waals surface area contributed by atoms with Crippen LogP contribution in [0.25, 0.3) is 0 Å². The van der Waals surface area contributed by atoms with Gasteiger partial charge in [-0.25, -0.2) is 0 Å². The van der Waals surface area contributed by atoms with E-state index in [0.717, 1.165) is 30.8 Å². The number of carboxylic acid groups (broad SMARTS) is 1. The summed E-state index contributed by atoms with van der Waals surface area (Å²) >= 11 is 12.7. The van der Waals surface area contributed by atoms with Crippen molar-refractivity contribution in [3.8, 4) is 11.5 Å². The van der Waals surface area contributed by atoms with Gasteiger partial charge in [0.25, 0.3) is 0 Å². The van der Waals surface area contributed by atoms with Gasteiger partial charge in [0.05, 0.1) is 13.0 Å². The molecule has 0 saturated heterocycles. The molecule has 252 valence electrons. The maximum atomic E-state index is 13.4. The van der Waals surface area contributed by atoms with Crippen molar-refractivity contribution < 1.29 is 42.4 Å². The van der Waals surface area contributed by atoms with Gasteiger partial charge < -0.3 is 24.5 Å². The lowest BCUT2D eigenvalue weighted by atomic mass is 10.0. The number of hydrogen-bond acceptors (Lipinski definition) is 7. The number of carbonyl (C=O) groups excluding carboxylic acids is 1. The van der Waals surface area contributed by atoms with E-state index in [0.29, 0.717) is 39.5 Å². The highest BCUT2D eigenvalue weighted by atomic mass is 35.5. The van der Waals surface area contributed by atoms with Crippen LogP contribution >= 0.6 is 23.2 Å². The zero-order valence-corrected chi connectivity index (χ0v) is 27.0. The highest BCUT2D eigenvalue weighted by Crippen LogP contribution is 2.38. The van der Waals surface area contributed by atoms with Gasteiger partial charge >= 0.3 is 18.6 Å². The van der Waals surface area contributed by atoms with Crippen LogP contribution in [0, 0.1) is 11.1 Å². The van der Waals surface area contributed by atoms with E-state index in [4.69, 9.17) is 32.7 Å². The van der Waals surface area contributed by atoms with Gasteiger partial charge in [-0.1, -0.05) is 83.9 Å². The molecule has 1 aliphatic rings. The van der Waals surface area contributed by atoms with Gasteiger partial charge in [0.1, 0.15) is 22.2 Å². The van der Waals surface area contributed by atoms with Crippen molar-refractivity contribution in [3.05, 3.63) is 128 Å². The smallest absolute Gasteiger partial charge is 0.387 e. The number of carboxylic acids is 1. The number of pyridine rings is 1. The summed E-state index contributed by atoms with van der Waals surface area (Å²) in [7, 11) is 0. The molecule has 1 aliphatic carbocycles. The molecule has 48 heavy (non-hydrogen) atoms. The summed E-state index contributed by atoms with van der Waals surface area (Å²) in [4.78, 5) is 25.3. The van der Waals surface area contributed by atoms with E-state index < -0.39 is 30.7 Å². The predicted molar refractivity (Wildman–Crippen MR) is 173 cm³/mol. The Labute approximate surface area is 285 Å². The lowest BCUT2D eigenvalue weighted by Crippen LogP contribution is -2.28. The Morgan fingerprint density at radius 3 is 2.31 bits per heavy atom. The second-order valence-corrected chi connectivity index (χ2v) is 12.2. The van der Waals surface area contributed by atoms with Crippen LogP contribution in [-0.2, 0) is 33.7 Å². The van der Waals surface area contributed by atoms with Crippen molar-refractivity contribution in [2.75, 3.05) is 6.61 Å². The van der Waals surface area contributed by atoms with Crippen molar-refractivity contribution in [1.29, 1.82) is 0 Å². The Morgan fingerprint density at radius 2 is 1.65 bits per heavy atom. The molecule has 0 bridgehead atoms. The molecule has 2 atom stereocenters. The minimum atomic E-state index is -3.08. The molecule has 1 saturated carbocycles. The van der Waals surface area contributed by atoms with Gasteiger partial charge in [0, 0.05) is 18.5 Å². The predicted octanol–water partition coefficient (Wildman–Crippen LogP) is 7.00. The summed E-state index contributed by atoms with van der Waals surface area (Å²) in [6.45, 7) is -2.54. The minimum absolute atomic E-state index is 0.0403. The number of halogens is 4. The first-order chi connectivity index (χ1) is 23.0. The highest BCUT2D eigenvalue weighted by molar-refractivity contribution is 6.35. The van der Waals surface area contributed by atoms with Crippen LogP contribution in [0.5, 0.6) is 11.5 Å². The third-order valence-electron chi connectivity index (χ3n) is 7.68. The van der Waals surface area contributed by atoms with Crippen molar-refractivity contribution in [2.45, 2.75) is 51.0 Å². The summed E-state index contributed by atoms with van der Waals surface area (Å²) in [6.07, 6.45) is 3.00. The van der Waals surface area contributed by atoms with Gasteiger partial charge in [-0.2, -0.15) is 13.5 Å². The monoisotopic (exact) mass is 700 g/mol. The minimum Gasteiger partial charge on any atom is -0.619 e. The Hall–Kier alpha value is -4.45. The maximum absolute atomic E-state index is 13.4. The van der Waals surface area contributed by atoms with E-state index in [1.807, 2.05) is 6.07 Å². The van der Waals surface area contributed by atoms with Crippen LogP contribution in [-0.4, -0.2) is 30.3 Å². The first-order valence-electron chi connectivity index (χ1n) is 15.1. The molecule has 4 aromatic rings. The SMILES string of the molecule is O=C(Cc1cccc(CNC(C(=O)O)c2ccccc2)c1)OC(Cc1c(Cl)c[n+]([O-])cc1Cl)c1ccc(OC(F)F)c(OCC2CC2)c1. The Balaban J connectivity index is 1.35. The number of benzene rings is 3. The van der Waals surface area contributed by atoms with Crippen molar-refractivity contribution in [2.24, 2.45) is 5.92 Å². The molecule has 0 amide bonds. The number of esters is 1. The second-order valence-electron chi connectivity index (χ2n) is 11.4. The fraction of sp³-hybridized carbons (Fsp3) is 0.286. The molecule has 13 heteroatoms. The third kappa shape index (κ3) is 9.79. The van der Waals surface area contributed by atoms with E-state index in [1.54, 1.807) is 48.5 Å². The number of hydrogen-bond donors (Lipinski definition) is 2. The van der Waals surface area contributed by atoms with Gasteiger partial charge in [-0.15, -0.1) is 0 Å². The highest BCUT2D eigenvalue weighted by Gasteiger charge is 2.27. The average Bonchev–Trinajstić information content (AvgIpc) is 3.87. The molecule has 2 unspecified atom stereocenters. The first-order valence-corrected chi connectivity index (χ1v) is 15.9. The number of rotatable bonds is 16. The Morgan fingerprint density at radius 1 is 0.938 bits per heavy atom. The summed E-state index contributed by atoms with van der Waals surface area (Å²) in [5.74, 6) is -1.41. The summed E-state index contributed by atoms with van der Waals surface area (Å²) in [5.41, 5.74) is 2.72. The zero-order chi connectivity index (χ0) is 34.2. The molecule has 1 aromatic heterocycles. The van der Waals surface area contributed by atoms with E-state index in [-0.39, 0.29) is 40.9 Å². The number of nitrogens with one attached hydrogen (secondary N) is 1. The molecule has 9 nitrogen and oxygen atoms in total. The second kappa shape index (κ2) is 16.1. The molecule has 5 rings (SSSR count). The number of alkyl halides is 2. The lowest BCUT2D eigenvalue weighted by Gasteiger charge is -2.21. The molecule has 3 aromatic carbocycles. The summed E-state index contributed by atoms with van der Waals surface area (Å²) in [5, 5.41) is 24.7. The number of aliphatic carboxylic acids is 1. The van der Waals surface area contributed by atoms with E-state index in [2.05, 4.69) is 10.1 Å². The topological polar surface area (TPSA) is 121 Å². The van der Waals surface area contributed by atoms with Crippen molar-refractivity contribution in [1.82, 2.24) is 5.32 Å². The number of aromatic nitrogens is 1. The standard InChI is InChI=1S/C35H32Cl2F2N2O7/c36-27-18-41(45)19-28(37)26(27)16-30(25-11-12-29(48-35(38)39)31(15-25)46-20-21-9-10-21)47-32(42)14-22-5-4-6-23(13-22)17-40-33(34(43)44)24-7-2-1-3-8-24/h1-8,11-13,15,18-19,21,30,33,35,40H,9-10,14,16-17,20H2,(H,43,44). The largest absolute Gasteiger partial charge is 0.619 e. The Kier molecular flexibility index (Phi) is 11.7. The molecule has 1 heterocycles. The summed E-state index contributed by atoms with van der Waals surface area (Å²) in [6, 6.07) is 19.2. The number of ether oxygens (including phenoxy) is 3. The lowest BCUT2D eigenvalue weighted by molar-refractivity contribution is -0.605. The van der Waals surface area contributed by atoms with Crippen LogP contribution in [0.3, 0.4) is 0 Å². The molecular weight excluding hydrogens is 669 g/mol. The fourth-order valence-corrected chi connectivity index (χ4v) is 5.69. The first kappa shape index (κ1) is 34.9. The van der Waals surface area contributed by atoms with Crippen LogP contribution < -0.4 is 19.5 Å².